The molecule has 0 fully saturated rings. The van der Waals surface area contributed by atoms with Gasteiger partial charge in [-0.05, 0) is 0 Å². The molecule has 0 radical (unpaired) electrons. The Balaban J connectivity index is 1.34. The summed E-state index contributed by atoms with van der Waals surface area (Å²) in [7, 11) is 18.4. The van der Waals surface area contributed by atoms with Gasteiger partial charge in [0.05, 0.1) is 0 Å². The van der Waals surface area contributed by atoms with E-state index in [0.717, 1.165) is 38.5 Å². The summed E-state index contributed by atoms with van der Waals surface area (Å²) < 4.78 is 0.113. The zero-order chi connectivity index (χ0) is 42.9. The van der Waals surface area contributed by atoms with Gasteiger partial charge in [-0.1, -0.05) is 0 Å². The van der Waals surface area contributed by atoms with Crippen LogP contribution in [-0.2, 0) is 26.4 Å². The number of benzene rings is 4. The minimum absolute atomic E-state index is 0.0566. The van der Waals surface area contributed by atoms with Gasteiger partial charge in [0.25, 0.3) is 0 Å². The van der Waals surface area contributed by atoms with Crippen LogP contribution in [-0.4, -0.2) is 5.92 Å². The van der Waals surface area contributed by atoms with E-state index in [1.165, 1.54) is 79.6 Å². The first-order valence-electron chi connectivity index (χ1n) is 23.0. The molecule has 4 aliphatic rings. The van der Waals surface area contributed by atoms with Crippen LogP contribution in [0.3, 0.4) is 0 Å². The topological polar surface area (TPSA) is 0 Å². The first-order chi connectivity index (χ1) is 28.2. The van der Waals surface area contributed by atoms with Crippen molar-refractivity contribution in [2.75, 3.05) is 0 Å². The Bertz CT molecular complexity index is 2230. The number of hydrogen-bond donors (Lipinski definition) is 0. The van der Waals surface area contributed by atoms with Crippen LogP contribution in [0.2, 0.25) is 13.1 Å². The molecular formula is C56H69Cl2SiZr. The fourth-order valence-corrected chi connectivity index (χ4v) is 42.8. The van der Waals surface area contributed by atoms with E-state index in [2.05, 4.69) is 190 Å². The molecule has 8 rings (SSSR count). The SMILES string of the molecule is C[SiH](C)[Zr]([Cl])([Cl])([CH]1C(CC2(C)CC=CCC2)=Cc2c(-c3ccc(C(C)(C)C)cc3)cccc21)[CH]1C(CC2(C)CC=CCC2)=Cc2c(-c3ccc(C(C)(C)C)cc3)cccc21. The summed E-state index contributed by atoms with van der Waals surface area (Å²) in [5, 5.41) is 0. The standard InChI is InChI=1S/2C27H31.C2H7Si.2ClH.Zr/c2*1-26(2,3)23-13-11-21(12-14-23)24-10-8-9-22-17-20(18-25(22)24)19-27(4)15-6-5-7-16-27;1-3-2;;;/h2*5-6,8-14,17-18H,7,15-16,19H2,1-4H3;3H,1-2H3;2*1H;/q;;;;;+2/p-2. The third-order valence-electron chi connectivity index (χ3n) is 15.3. The van der Waals surface area contributed by atoms with Gasteiger partial charge in [-0.25, -0.2) is 0 Å². The van der Waals surface area contributed by atoms with Gasteiger partial charge in [0.1, 0.15) is 0 Å². The first kappa shape index (κ1) is 44.1. The van der Waals surface area contributed by atoms with Crippen LogP contribution in [0.15, 0.2) is 120 Å². The molecule has 4 unspecified atom stereocenters. The van der Waals surface area contributed by atoms with Gasteiger partial charge >= 0.3 is 375 Å². The van der Waals surface area contributed by atoms with Gasteiger partial charge in [0.2, 0.25) is 0 Å². The van der Waals surface area contributed by atoms with Crippen molar-refractivity contribution >= 4 is 35.1 Å². The molecule has 0 nitrogen and oxygen atoms in total. The van der Waals surface area contributed by atoms with Gasteiger partial charge < -0.3 is 0 Å². The molecule has 315 valence electrons. The Morgan fingerprint density at radius 3 is 1.27 bits per heavy atom. The molecule has 0 saturated heterocycles. The molecule has 0 heterocycles. The molecule has 4 aromatic carbocycles. The molecule has 0 aliphatic heterocycles. The van der Waals surface area contributed by atoms with Crippen LogP contribution in [0.5, 0.6) is 0 Å². The van der Waals surface area contributed by atoms with E-state index in [-0.39, 0.29) is 28.9 Å². The Hall–Kier alpha value is -2.48. The van der Waals surface area contributed by atoms with Crippen molar-refractivity contribution < 1.29 is 15.6 Å². The predicted octanol–water partition coefficient (Wildman–Crippen LogP) is 17.4. The van der Waals surface area contributed by atoms with E-state index in [4.69, 9.17) is 0 Å². The zero-order valence-corrected chi connectivity index (χ0v) is 43.3. The van der Waals surface area contributed by atoms with Gasteiger partial charge in [-0.3, -0.25) is 0 Å². The van der Waals surface area contributed by atoms with Crippen LogP contribution in [0, 0.1) is 10.8 Å². The number of rotatable bonds is 9. The molecule has 0 saturated carbocycles. The molecule has 0 bridgehead atoms. The van der Waals surface area contributed by atoms with Gasteiger partial charge in [-0.2, -0.15) is 0 Å². The quantitative estimate of drug-likeness (QED) is 0.116. The molecule has 0 aromatic heterocycles. The molecule has 0 spiro atoms. The number of hydrogen-bond acceptors (Lipinski definition) is 0. The normalized spacial score (nSPS) is 24.8. The molecule has 60 heavy (non-hydrogen) atoms. The Morgan fingerprint density at radius 1 is 0.567 bits per heavy atom. The monoisotopic (exact) mass is 929 g/mol. The summed E-state index contributed by atoms with van der Waals surface area (Å²) in [6.07, 6.45) is 23.8. The molecule has 4 heteroatoms. The van der Waals surface area contributed by atoms with E-state index in [1.807, 2.05) is 0 Å². The van der Waals surface area contributed by atoms with E-state index in [0.29, 0.717) is 0 Å². The summed E-state index contributed by atoms with van der Waals surface area (Å²) in [6.45, 7) is 23.9. The van der Waals surface area contributed by atoms with Crippen molar-refractivity contribution in [3.63, 3.8) is 0 Å². The van der Waals surface area contributed by atoms with Crippen molar-refractivity contribution in [2.45, 2.75) is 138 Å². The van der Waals surface area contributed by atoms with Crippen LogP contribution in [0.1, 0.15) is 147 Å². The average molecular weight is 932 g/mol. The summed E-state index contributed by atoms with van der Waals surface area (Å²) in [4.78, 5) is 0. The summed E-state index contributed by atoms with van der Waals surface area (Å²) in [5.74, 6) is -1.77. The maximum atomic E-state index is 9.18. The molecule has 0 N–H and O–H groups in total. The number of fused-ring (bicyclic) bond motifs is 2. The molecule has 0 amide bonds. The van der Waals surface area contributed by atoms with Crippen LogP contribution < -0.4 is 0 Å². The van der Waals surface area contributed by atoms with Crippen LogP contribution in [0.4, 0.5) is 0 Å². The van der Waals surface area contributed by atoms with E-state index in [9.17, 15) is 17.0 Å². The van der Waals surface area contributed by atoms with E-state index < -0.39 is 21.5 Å². The zero-order valence-electron chi connectivity index (χ0n) is 38.2. The average Bonchev–Trinajstić information content (AvgIpc) is 3.76. The van der Waals surface area contributed by atoms with Gasteiger partial charge in [0, 0.05) is 0 Å². The molecule has 4 aromatic rings. The second-order valence-corrected chi connectivity index (χ2v) is 64.9. The predicted molar refractivity (Wildman–Crippen MR) is 265 cm³/mol. The van der Waals surface area contributed by atoms with Gasteiger partial charge in [0.15, 0.2) is 0 Å². The third kappa shape index (κ3) is 8.01. The van der Waals surface area contributed by atoms with Crippen molar-refractivity contribution in [1.82, 2.24) is 0 Å². The first-order valence-corrected chi connectivity index (χ1v) is 39.3. The Morgan fingerprint density at radius 2 is 0.950 bits per heavy atom. The molecule has 4 aliphatic carbocycles. The fourth-order valence-electron chi connectivity index (χ4n) is 11.5. The summed E-state index contributed by atoms with van der Waals surface area (Å²) in [5.41, 5.74) is 16.9. The second kappa shape index (κ2) is 15.9. The van der Waals surface area contributed by atoms with E-state index >= 15 is 0 Å². The molecule has 4 atom stereocenters. The summed E-state index contributed by atoms with van der Waals surface area (Å²) >= 11 is -5.13. The molecular weight excluding hydrogens is 863 g/mol. The van der Waals surface area contributed by atoms with Crippen LogP contribution in [0.25, 0.3) is 34.4 Å². The van der Waals surface area contributed by atoms with Crippen LogP contribution >= 0.6 is 17.0 Å². The van der Waals surface area contributed by atoms with E-state index in [1.54, 1.807) is 0 Å². The van der Waals surface area contributed by atoms with Crippen molar-refractivity contribution in [1.29, 1.82) is 0 Å². The van der Waals surface area contributed by atoms with Crippen molar-refractivity contribution in [3.8, 4) is 22.3 Å². The minimum atomic E-state index is -5.13. The third-order valence-corrected chi connectivity index (χ3v) is 67.1. The maximum absolute atomic E-state index is 9.18. The van der Waals surface area contributed by atoms with Crippen molar-refractivity contribution in [3.05, 3.63) is 154 Å². The second-order valence-electron chi connectivity index (χ2n) is 22.4. The number of allylic oxidation sites excluding steroid dienone is 6. The Kier molecular flexibility index (Phi) is 11.7. The van der Waals surface area contributed by atoms with Gasteiger partial charge in [-0.15, -0.1) is 0 Å². The van der Waals surface area contributed by atoms with Crippen molar-refractivity contribution in [2.24, 2.45) is 10.8 Å². The summed E-state index contributed by atoms with van der Waals surface area (Å²) in [6, 6.07) is 32.9. The fraction of sp³-hybridized carbons (Fsp3) is 0.429. The Labute approximate surface area is 372 Å². The number of halogens is 2.